The van der Waals surface area contributed by atoms with Crippen LogP contribution in [0.25, 0.3) is 0 Å². The number of rotatable bonds is 3. The van der Waals surface area contributed by atoms with Crippen molar-refractivity contribution in [3.8, 4) is 0 Å². The van der Waals surface area contributed by atoms with Crippen LogP contribution in [0.15, 0.2) is 48.6 Å². The lowest BCUT2D eigenvalue weighted by molar-refractivity contribution is -0.384. The average molecular weight is 371 g/mol. The molecule has 6 nitrogen and oxygen atoms in total. The predicted molar refractivity (Wildman–Crippen MR) is 97.9 cm³/mol. The van der Waals surface area contributed by atoms with Crippen molar-refractivity contribution in [3.63, 3.8) is 0 Å². The maximum atomic E-state index is 11.3. The molecule has 4 rings (SSSR count). The van der Waals surface area contributed by atoms with Gasteiger partial charge in [0.2, 0.25) is 0 Å². The van der Waals surface area contributed by atoms with Crippen molar-refractivity contribution < 1.29 is 14.8 Å². The summed E-state index contributed by atoms with van der Waals surface area (Å²) >= 11 is 5.94. The Morgan fingerprint density at radius 2 is 2.08 bits per heavy atom. The van der Waals surface area contributed by atoms with Gasteiger partial charge in [-0.15, -0.1) is 0 Å². The number of anilines is 1. The molecule has 0 bridgehead atoms. The Kier molecular flexibility index (Phi) is 3.92. The van der Waals surface area contributed by atoms with Gasteiger partial charge < -0.3 is 10.4 Å². The van der Waals surface area contributed by atoms with E-state index in [0.717, 1.165) is 23.2 Å². The number of nitrogens with one attached hydrogen (secondary N) is 1. The van der Waals surface area contributed by atoms with Gasteiger partial charge in [0, 0.05) is 17.7 Å². The molecule has 2 aromatic carbocycles. The van der Waals surface area contributed by atoms with E-state index in [4.69, 9.17) is 11.6 Å². The molecule has 1 heterocycles. The third-order valence-corrected chi connectivity index (χ3v) is 5.46. The average Bonchev–Trinajstić information content (AvgIpc) is 3.11. The van der Waals surface area contributed by atoms with Crippen LogP contribution in [0.3, 0.4) is 0 Å². The quantitative estimate of drug-likeness (QED) is 0.461. The molecule has 0 unspecified atom stereocenters. The monoisotopic (exact) mass is 370 g/mol. The Labute approximate surface area is 154 Å². The Hall–Kier alpha value is -2.86. The third kappa shape index (κ3) is 2.63. The van der Waals surface area contributed by atoms with Gasteiger partial charge in [0.05, 0.1) is 16.5 Å². The number of fused-ring (bicyclic) bond motifs is 3. The van der Waals surface area contributed by atoms with E-state index in [0.29, 0.717) is 0 Å². The summed E-state index contributed by atoms with van der Waals surface area (Å²) in [7, 11) is 0. The highest BCUT2D eigenvalue weighted by atomic mass is 35.5. The second-order valence-corrected chi connectivity index (χ2v) is 6.96. The van der Waals surface area contributed by atoms with Gasteiger partial charge in [0.1, 0.15) is 5.02 Å². The summed E-state index contributed by atoms with van der Waals surface area (Å²) in [5.41, 5.74) is 2.74. The maximum absolute atomic E-state index is 11.3. The molecule has 132 valence electrons. The number of nitro benzene ring substituents is 1. The first-order valence-corrected chi connectivity index (χ1v) is 8.58. The normalized spacial score (nSPS) is 23.0. The van der Waals surface area contributed by atoms with Gasteiger partial charge in [-0.2, -0.15) is 0 Å². The first kappa shape index (κ1) is 16.6. The Bertz CT molecular complexity index is 957. The number of nitrogens with zero attached hydrogens (tertiary/aromatic N) is 1. The van der Waals surface area contributed by atoms with E-state index in [1.54, 1.807) is 30.3 Å². The highest BCUT2D eigenvalue weighted by Gasteiger charge is 2.38. The molecule has 3 atom stereocenters. The minimum absolute atomic E-state index is 0.0743. The summed E-state index contributed by atoms with van der Waals surface area (Å²) in [5, 5.41) is 24.0. The molecule has 0 aromatic heterocycles. The maximum Gasteiger partial charge on any atom is 0.335 e. The fourth-order valence-corrected chi connectivity index (χ4v) is 4.11. The zero-order chi connectivity index (χ0) is 18.4. The van der Waals surface area contributed by atoms with Crippen LogP contribution in [-0.4, -0.2) is 16.0 Å². The molecule has 7 heteroatoms. The van der Waals surface area contributed by atoms with Gasteiger partial charge >= 0.3 is 5.97 Å². The molecule has 2 aliphatic rings. The van der Waals surface area contributed by atoms with E-state index in [2.05, 4.69) is 17.5 Å². The Morgan fingerprint density at radius 3 is 2.81 bits per heavy atom. The van der Waals surface area contributed by atoms with Crippen molar-refractivity contribution in [1.82, 2.24) is 0 Å². The Balaban J connectivity index is 1.78. The van der Waals surface area contributed by atoms with Gasteiger partial charge in [-0.1, -0.05) is 29.8 Å². The van der Waals surface area contributed by atoms with Gasteiger partial charge in [-0.25, -0.2) is 4.79 Å². The lowest BCUT2D eigenvalue weighted by atomic mass is 9.76. The third-order valence-electron chi connectivity index (χ3n) is 5.14. The summed E-state index contributed by atoms with van der Waals surface area (Å²) in [5.74, 6) is -0.723. The minimum Gasteiger partial charge on any atom is -0.478 e. The number of aromatic carboxylic acids is 1. The summed E-state index contributed by atoms with van der Waals surface area (Å²) in [6.07, 6.45) is 4.99. The number of allylic oxidation sites excluding steroid dienone is 2. The van der Waals surface area contributed by atoms with E-state index in [-0.39, 0.29) is 34.2 Å². The molecular weight excluding hydrogens is 356 g/mol. The molecule has 0 amide bonds. The highest BCUT2D eigenvalue weighted by Crippen LogP contribution is 2.50. The molecule has 0 radical (unpaired) electrons. The standard InChI is InChI=1S/C19H15ClN2O4/c20-15-6-4-10(9-17(15)22(25)26)18-13-3-1-2-12(13)14-8-11(19(23)24)5-7-16(14)21-18/h1-2,4-9,12-13,18,21H,3H2,(H,23,24)/t12-,13-,18+/m1/s1. The van der Waals surface area contributed by atoms with Crippen LogP contribution in [0.2, 0.25) is 5.02 Å². The summed E-state index contributed by atoms with van der Waals surface area (Å²) < 4.78 is 0. The van der Waals surface area contributed by atoms with E-state index in [1.807, 2.05) is 0 Å². The van der Waals surface area contributed by atoms with E-state index >= 15 is 0 Å². The fourth-order valence-electron chi connectivity index (χ4n) is 3.92. The highest BCUT2D eigenvalue weighted by molar-refractivity contribution is 6.32. The lowest BCUT2D eigenvalue weighted by Gasteiger charge is -2.37. The second kappa shape index (κ2) is 6.14. The molecular formula is C19H15ClN2O4. The second-order valence-electron chi connectivity index (χ2n) is 6.55. The SMILES string of the molecule is O=C(O)c1ccc2c(c1)[C@@H]1C=CC[C@H]1[C@H](c1ccc(Cl)c([N+](=O)[O-])c1)N2. The van der Waals surface area contributed by atoms with Crippen molar-refractivity contribution >= 4 is 28.9 Å². The van der Waals surface area contributed by atoms with E-state index < -0.39 is 10.9 Å². The summed E-state index contributed by atoms with van der Waals surface area (Å²) in [6.45, 7) is 0. The van der Waals surface area contributed by atoms with Crippen molar-refractivity contribution in [2.75, 3.05) is 5.32 Å². The summed E-state index contributed by atoms with van der Waals surface area (Å²) in [4.78, 5) is 22.0. The van der Waals surface area contributed by atoms with Crippen LogP contribution >= 0.6 is 11.6 Å². The molecule has 0 saturated carbocycles. The number of hydrogen-bond donors (Lipinski definition) is 2. The van der Waals surface area contributed by atoms with E-state index in [1.165, 1.54) is 6.07 Å². The number of carboxylic acids is 1. The molecule has 2 N–H and O–H groups in total. The number of carboxylic acid groups (broad SMARTS) is 1. The zero-order valence-electron chi connectivity index (χ0n) is 13.6. The van der Waals surface area contributed by atoms with Gasteiger partial charge in [0.15, 0.2) is 0 Å². The van der Waals surface area contributed by atoms with Crippen molar-refractivity contribution in [1.29, 1.82) is 0 Å². The number of halogens is 1. The zero-order valence-corrected chi connectivity index (χ0v) is 14.3. The van der Waals surface area contributed by atoms with Crippen LogP contribution in [0.4, 0.5) is 11.4 Å². The molecule has 0 saturated heterocycles. The first-order chi connectivity index (χ1) is 12.5. The molecule has 2 aromatic rings. The molecule has 1 aliphatic heterocycles. The van der Waals surface area contributed by atoms with Crippen LogP contribution < -0.4 is 5.32 Å². The number of carbonyl (C=O) groups is 1. The van der Waals surface area contributed by atoms with Crippen molar-refractivity contribution in [2.24, 2.45) is 5.92 Å². The smallest absolute Gasteiger partial charge is 0.335 e. The molecule has 0 fully saturated rings. The van der Waals surface area contributed by atoms with Crippen LogP contribution in [-0.2, 0) is 0 Å². The minimum atomic E-state index is -0.957. The van der Waals surface area contributed by atoms with Crippen LogP contribution in [0.1, 0.15) is 39.9 Å². The number of hydrogen-bond acceptors (Lipinski definition) is 4. The van der Waals surface area contributed by atoms with Gasteiger partial charge in [0.25, 0.3) is 5.69 Å². The number of nitro groups is 1. The van der Waals surface area contributed by atoms with Crippen LogP contribution in [0.5, 0.6) is 0 Å². The first-order valence-electron chi connectivity index (χ1n) is 8.20. The predicted octanol–water partition coefficient (Wildman–Crippen LogP) is 4.77. The van der Waals surface area contributed by atoms with Gasteiger partial charge in [-0.3, -0.25) is 10.1 Å². The van der Waals surface area contributed by atoms with Gasteiger partial charge in [-0.05, 0) is 47.7 Å². The lowest BCUT2D eigenvalue weighted by Crippen LogP contribution is -2.29. The Morgan fingerprint density at radius 1 is 1.27 bits per heavy atom. The molecule has 1 aliphatic carbocycles. The van der Waals surface area contributed by atoms with Crippen LogP contribution in [0, 0.1) is 16.0 Å². The summed E-state index contributed by atoms with van der Waals surface area (Å²) in [6, 6.07) is 9.79. The van der Waals surface area contributed by atoms with E-state index in [9.17, 15) is 20.0 Å². The van der Waals surface area contributed by atoms with Crippen molar-refractivity contribution in [2.45, 2.75) is 18.4 Å². The number of benzene rings is 2. The fraction of sp³-hybridized carbons (Fsp3) is 0.211. The topological polar surface area (TPSA) is 92.5 Å². The van der Waals surface area contributed by atoms with Crippen molar-refractivity contribution in [3.05, 3.63) is 80.4 Å². The largest absolute Gasteiger partial charge is 0.478 e. The molecule has 0 spiro atoms. The molecule has 26 heavy (non-hydrogen) atoms.